The van der Waals surface area contributed by atoms with Crippen LogP contribution in [0.15, 0.2) is 91.1 Å². The van der Waals surface area contributed by atoms with Crippen LogP contribution < -0.4 is 5.32 Å². The predicted octanol–water partition coefficient (Wildman–Crippen LogP) is 5.17. The van der Waals surface area contributed by atoms with Crippen molar-refractivity contribution in [3.63, 3.8) is 0 Å². The van der Waals surface area contributed by atoms with Gasteiger partial charge in [-0.05, 0) is 55.2 Å². The van der Waals surface area contributed by atoms with Crippen LogP contribution >= 0.6 is 0 Å². The van der Waals surface area contributed by atoms with Gasteiger partial charge in [-0.1, -0.05) is 48.5 Å². The molecule has 35 heavy (non-hydrogen) atoms. The van der Waals surface area contributed by atoms with E-state index in [0.29, 0.717) is 24.0 Å². The summed E-state index contributed by atoms with van der Waals surface area (Å²) in [6.45, 7) is 0.376. The number of nitrogens with one attached hydrogen (secondary N) is 1. The zero-order valence-corrected chi connectivity index (χ0v) is 19.1. The highest BCUT2D eigenvalue weighted by Gasteiger charge is 2.29. The molecule has 3 aromatic carbocycles. The maximum absolute atomic E-state index is 13.3. The maximum Gasteiger partial charge on any atom is 0.254 e. The number of halogens is 1. The number of hydrogen-bond acceptors (Lipinski definition) is 3. The van der Waals surface area contributed by atoms with Crippen molar-refractivity contribution in [1.82, 2.24) is 14.5 Å². The number of nitrogens with zero attached hydrogens (tertiary/aromatic N) is 3. The lowest BCUT2D eigenvalue weighted by Gasteiger charge is -2.22. The van der Waals surface area contributed by atoms with Gasteiger partial charge >= 0.3 is 0 Å². The Morgan fingerprint density at radius 3 is 2.26 bits per heavy atom. The van der Waals surface area contributed by atoms with Crippen molar-refractivity contribution in [2.45, 2.75) is 12.8 Å². The molecule has 1 N–H and O–H groups in total. The van der Waals surface area contributed by atoms with Crippen LogP contribution in [0.4, 0.5) is 10.3 Å². The minimum atomic E-state index is -0.407. The van der Waals surface area contributed by atoms with Crippen molar-refractivity contribution in [2.24, 2.45) is 5.92 Å². The van der Waals surface area contributed by atoms with Gasteiger partial charge in [0.15, 0.2) is 0 Å². The average molecular weight is 469 g/mol. The van der Waals surface area contributed by atoms with Gasteiger partial charge in [-0.2, -0.15) is 0 Å². The first-order valence-corrected chi connectivity index (χ1v) is 11.6. The standard InChI is InChI=1S/C28H25FN4O2/c29-23-15-13-22(14-16-23)27(35)32(17-20-11-12-20)19-26(34)31-28-30-25(21-7-3-1-4-8-21)18-33(28)24-9-5-2-6-10-24/h1-10,13-16,18,20H,11-12,17,19H2,(H,30,31,34). The number of hydrogen-bond donors (Lipinski definition) is 1. The van der Waals surface area contributed by atoms with Gasteiger partial charge in [0.25, 0.3) is 5.91 Å². The molecule has 1 aromatic heterocycles. The monoisotopic (exact) mass is 468 g/mol. The molecular formula is C28H25FN4O2. The third-order valence-electron chi connectivity index (χ3n) is 5.95. The molecule has 0 radical (unpaired) electrons. The Morgan fingerprint density at radius 2 is 1.60 bits per heavy atom. The van der Waals surface area contributed by atoms with Gasteiger partial charge in [0.05, 0.1) is 5.69 Å². The third kappa shape index (κ3) is 5.46. The molecule has 1 fully saturated rings. The van der Waals surface area contributed by atoms with Gasteiger partial charge in [0.2, 0.25) is 11.9 Å². The molecule has 6 nitrogen and oxygen atoms in total. The summed E-state index contributed by atoms with van der Waals surface area (Å²) in [5.41, 5.74) is 2.87. The molecule has 176 valence electrons. The molecule has 2 amide bonds. The summed E-state index contributed by atoms with van der Waals surface area (Å²) in [6.07, 6.45) is 3.95. The van der Waals surface area contributed by atoms with Crippen LogP contribution in [-0.2, 0) is 4.79 Å². The van der Waals surface area contributed by atoms with E-state index in [9.17, 15) is 14.0 Å². The van der Waals surface area contributed by atoms with Crippen molar-refractivity contribution in [3.05, 3.63) is 103 Å². The topological polar surface area (TPSA) is 67.2 Å². The van der Waals surface area contributed by atoms with Gasteiger partial charge in [-0.3, -0.25) is 19.5 Å². The van der Waals surface area contributed by atoms with Crippen molar-refractivity contribution in [1.29, 1.82) is 0 Å². The number of carbonyl (C=O) groups excluding carboxylic acids is 2. The van der Waals surface area contributed by atoms with Crippen molar-refractivity contribution in [3.8, 4) is 16.9 Å². The number of aromatic nitrogens is 2. The molecule has 1 aliphatic rings. The number of amides is 2. The molecule has 0 aliphatic heterocycles. The van der Waals surface area contributed by atoms with E-state index in [1.165, 1.54) is 29.2 Å². The predicted molar refractivity (Wildman–Crippen MR) is 133 cm³/mol. The normalized spacial score (nSPS) is 12.8. The van der Waals surface area contributed by atoms with Gasteiger partial charge in [0.1, 0.15) is 12.4 Å². The lowest BCUT2D eigenvalue weighted by Crippen LogP contribution is -2.39. The molecule has 7 heteroatoms. The van der Waals surface area contributed by atoms with Crippen molar-refractivity contribution >= 4 is 17.8 Å². The van der Waals surface area contributed by atoms with E-state index in [0.717, 1.165) is 29.8 Å². The fourth-order valence-electron chi connectivity index (χ4n) is 3.95. The number of benzene rings is 3. The first-order chi connectivity index (χ1) is 17.1. The molecular weight excluding hydrogens is 443 g/mol. The lowest BCUT2D eigenvalue weighted by atomic mass is 10.2. The van der Waals surface area contributed by atoms with Crippen molar-refractivity contribution < 1.29 is 14.0 Å². The zero-order valence-electron chi connectivity index (χ0n) is 19.1. The van der Waals surface area contributed by atoms with Crippen LogP contribution in [0.2, 0.25) is 0 Å². The van der Waals surface area contributed by atoms with Crippen LogP contribution in [0.5, 0.6) is 0 Å². The number of carbonyl (C=O) groups is 2. The Labute approximate surface area is 203 Å². The largest absolute Gasteiger partial charge is 0.329 e. The first-order valence-electron chi connectivity index (χ1n) is 11.6. The maximum atomic E-state index is 13.3. The summed E-state index contributed by atoms with van der Waals surface area (Å²) in [5, 5.41) is 2.90. The Kier molecular flexibility index (Phi) is 6.39. The molecule has 0 unspecified atom stereocenters. The molecule has 1 heterocycles. The highest BCUT2D eigenvalue weighted by Crippen LogP contribution is 2.30. The smallest absolute Gasteiger partial charge is 0.254 e. The molecule has 1 aliphatic carbocycles. The number of anilines is 1. The second-order valence-electron chi connectivity index (χ2n) is 8.71. The SMILES string of the molecule is O=C(CN(CC1CC1)C(=O)c1ccc(F)cc1)Nc1nc(-c2ccccc2)cn1-c1ccccc1. The third-order valence-corrected chi connectivity index (χ3v) is 5.95. The Hall–Kier alpha value is -4.26. The lowest BCUT2D eigenvalue weighted by molar-refractivity contribution is -0.117. The molecule has 0 bridgehead atoms. The average Bonchev–Trinajstić information content (AvgIpc) is 3.61. The van der Waals surface area contributed by atoms with E-state index < -0.39 is 5.82 Å². The summed E-state index contributed by atoms with van der Waals surface area (Å²) in [7, 11) is 0. The van der Waals surface area contributed by atoms with Gasteiger partial charge < -0.3 is 4.90 Å². The number of imidazole rings is 1. The summed E-state index contributed by atoms with van der Waals surface area (Å²) in [6, 6.07) is 24.8. The van der Waals surface area contributed by atoms with Crippen molar-refractivity contribution in [2.75, 3.05) is 18.4 Å². The molecule has 5 rings (SSSR count). The van der Waals surface area contributed by atoms with Gasteiger partial charge in [-0.25, -0.2) is 9.37 Å². The first kappa shape index (κ1) is 22.5. The summed E-state index contributed by atoms with van der Waals surface area (Å²) < 4.78 is 15.2. The minimum Gasteiger partial charge on any atom is -0.329 e. The Balaban J connectivity index is 1.39. The van der Waals surface area contributed by atoms with Crippen LogP contribution in [0.1, 0.15) is 23.2 Å². The second kappa shape index (κ2) is 9.93. The second-order valence-corrected chi connectivity index (χ2v) is 8.71. The molecule has 0 saturated heterocycles. The van der Waals surface area contributed by atoms with E-state index >= 15 is 0 Å². The minimum absolute atomic E-state index is 0.116. The molecule has 4 aromatic rings. The fraction of sp³-hybridized carbons (Fsp3) is 0.179. The highest BCUT2D eigenvalue weighted by molar-refractivity contribution is 5.99. The summed E-state index contributed by atoms with van der Waals surface area (Å²) in [4.78, 5) is 32.4. The fourth-order valence-corrected chi connectivity index (χ4v) is 3.95. The van der Waals surface area contributed by atoms with Crippen LogP contribution in [-0.4, -0.2) is 39.4 Å². The van der Waals surface area contributed by atoms with E-state index in [2.05, 4.69) is 10.3 Å². The molecule has 0 spiro atoms. The molecule has 0 atom stereocenters. The van der Waals surface area contributed by atoms with Crippen LogP contribution in [0, 0.1) is 11.7 Å². The number of para-hydroxylation sites is 1. The summed E-state index contributed by atoms with van der Waals surface area (Å²) in [5.74, 6) is -0.272. The van der Waals surface area contributed by atoms with E-state index in [-0.39, 0.29) is 18.4 Å². The quantitative estimate of drug-likeness (QED) is 0.388. The summed E-state index contributed by atoms with van der Waals surface area (Å²) >= 11 is 0. The zero-order chi connectivity index (χ0) is 24.2. The highest BCUT2D eigenvalue weighted by atomic mass is 19.1. The van der Waals surface area contributed by atoms with E-state index in [1.54, 1.807) is 0 Å². The Bertz CT molecular complexity index is 1320. The van der Waals surface area contributed by atoms with E-state index in [1.807, 2.05) is 71.4 Å². The van der Waals surface area contributed by atoms with Crippen LogP contribution in [0.25, 0.3) is 16.9 Å². The number of rotatable bonds is 8. The molecule has 1 saturated carbocycles. The van der Waals surface area contributed by atoms with Crippen LogP contribution in [0.3, 0.4) is 0 Å². The van der Waals surface area contributed by atoms with Gasteiger partial charge in [0, 0.05) is 29.6 Å². The van der Waals surface area contributed by atoms with E-state index in [4.69, 9.17) is 0 Å². The van der Waals surface area contributed by atoms with Gasteiger partial charge in [-0.15, -0.1) is 0 Å². The Morgan fingerprint density at radius 1 is 0.943 bits per heavy atom.